The third-order valence-corrected chi connectivity index (χ3v) is 4.68. The zero-order valence-electron chi connectivity index (χ0n) is 14.1. The SMILES string of the molecule is CCCc1cnc2c(C)c(C)[nH]c2c1OCc1ccc(Br)cc1.Cl. The summed E-state index contributed by atoms with van der Waals surface area (Å²) in [5, 5.41) is 0. The minimum Gasteiger partial charge on any atom is -0.486 e. The lowest BCUT2D eigenvalue weighted by Gasteiger charge is -2.12. The Morgan fingerprint density at radius 2 is 1.88 bits per heavy atom. The van der Waals surface area contributed by atoms with Crippen molar-refractivity contribution in [2.75, 3.05) is 0 Å². The number of aromatic amines is 1. The molecule has 0 amide bonds. The van der Waals surface area contributed by atoms with Crippen molar-refractivity contribution in [1.82, 2.24) is 9.97 Å². The highest BCUT2D eigenvalue weighted by molar-refractivity contribution is 9.10. The van der Waals surface area contributed by atoms with Crippen LogP contribution in [-0.2, 0) is 13.0 Å². The number of nitrogens with zero attached hydrogens (tertiary/aromatic N) is 1. The van der Waals surface area contributed by atoms with Gasteiger partial charge in [0.05, 0.1) is 5.52 Å². The number of nitrogens with one attached hydrogen (secondary N) is 1. The van der Waals surface area contributed by atoms with Crippen LogP contribution in [0.15, 0.2) is 34.9 Å². The van der Waals surface area contributed by atoms with Crippen molar-refractivity contribution >= 4 is 39.4 Å². The second-order valence-electron chi connectivity index (χ2n) is 5.88. The summed E-state index contributed by atoms with van der Waals surface area (Å²) in [7, 11) is 0. The van der Waals surface area contributed by atoms with E-state index in [1.807, 2.05) is 18.3 Å². The van der Waals surface area contributed by atoms with Gasteiger partial charge in [-0.15, -0.1) is 12.4 Å². The van der Waals surface area contributed by atoms with Crippen molar-refractivity contribution < 1.29 is 4.74 Å². The highest BCUT2D eigenvalue weighted by atomic mass is 79.9. The lowest BCUT2D eigenvalue weighted by Crippen LogP contribution is -2.00. The summed E-state index contributed by atoms with van der Waals surface area (Å²) in [6.07, 6.45) is 4.00. The molecule has 0 saturated heterocycles. The van der Waals surface area contributed by atoms with E-state index in [1.54, 1.807) is 0 Å². The smallest absolute Gasteiger partial charge is 0.150 e. The Labute approximate surface area is 157 Å². The first-order chi connectivity index (χ1) is 11.1. The van der Waals surface area contributed by atoms with E-state index >= 15 is 0 Å². The van der Waals surface area contributed by atoms with Crippen LogP contribution < -0.4 is 4.74 Å². The van der Waals surface area contributed by atoms with E-state index in [9.17, 15) is 0 Å². The Morgan fingerprint density at radius 1 is 1.17 bits per heavy atom. The predicted octanol–water partition coefficient (Wildman–Crippen LogP) is 5.90. The first kappa shape index (κ1) is 18.8. The fourth-order valence-electron chi connectivity index (χ4n) is 2.74. The van der Waals surface area contributed by atoms with E-state index in [-0.39, 0.29) is 12.4 Å². The van der Waals surface area contributed by atoms with Crippen molar-refractivity contribution in [2.45, 2.75) is 40.2 Å². The summed E-state index contributed by atoms with van der Waals surface area (Å²) in [6, 6.07) is 8.23. The maximum Gasteiger partial charge on any atom is 0.150 e. The number of H-pyrrole nitrogens is 1. The summed E-state index contributed by atoms with van der Waals surface area (Å²) >= 11 is 3.46. The van der Waals surface area contributed by atoms with Gasteiger partial charge in [0.2, 0.25) is 0 Å². The molecule has 0 fully saturated rings. The number of hydrogen-bond donors (Lipinski definition) is 1. The van der Waals surface area contributed by atoms with Crippen LogP contribution in [0.1, 0.15) is 35.7 Å². The second kappa shape index (κ2) is 8.04. The Kier molecular flexibility index (Phi) is 6.30. The normalized spacial score (nSPS) is 10.7. The molecule has 5 heteroatoms. The van der Waals surface area contributed by atoms with Gasteiger partial charge in [-0.3, -0.25) is 4.98 Å². The molecule has 24 heavy (non-hydrogen) atoms. The van der Waals surface area contributed by atoms with Gasteiger partial charge in [0.1, 0.15) is 17.9 Å². The van der Waals surface area contributed by atoms with Crippen LogP contribution in [0, 0.1) is 13.8 Å². The van der Waals surface area contributed by atoms with Crippen LogP contribution in [0.3, 0.4) is 0 Å². The zero-order valence-corrected chi connectivity index (χ0v) is 16.6. The van der Waals surface area contributed by atoms with Gasteiger partial charge < -0.3 is 9.72 Å². The molecule has 3 nitrogen and oxygen atoms in total. The molecular weight excluding hydrogens is 388 g/mol. The Hall–Kier alpha value is -1.52. The van der Waals surface area contributed by atoms with E-state index in [0.29, 0.717) is 6.61 Å². The number of halogens is 2. The summed E-state index contributed by atoms with van der Waals surface area (Å²) < 4.78 is 7.29. The number of fused-ring (bicyclic) bond motifs is 1. The maximum atomic E-state index is 6.21. The molecule has 0 aliphatic rings. The van der Waals surface area contributed by atoms with Crippen LogP contribution in [0.25, 0.3) is 11.0 Å². The van der Waals surface area contributed by atoms with E-state index in [4.69, 9.17) is 4.74 Å². The number of aryl methyl sites for hydroxylation is 3. The minimum absolute atomic E-state index is 0. The van der Waals surface area contributed by atoms with Gasteiger partial charge in [0, 0.05) is 21.9 Å². The third kappa shape index (κ3) is 3.76. The summed E-state index contributed by atoms with van der Waals surface area (Å²) in [4.78, 5) is 8.07. The van der Waals surface area contributed by atoms with Crippen molar-refractivity contribution in [3.05, 3.63) is 57.3 Å². The van der Waals surface area contributed by atoms with Gasteiger partial charge in [-0.1, -0.05) is 41.4 Å². The lowest BCUT2D eigenvalue weighted by molar-refractivity contribution is 0.306. The molecule has 2 aromatic heterocycles. The third-order valence-electron chi connectivity index (χ3n) is 4.15. The van der Waals surface area contributed by atoms with Gasteiger partial charge in [-0.2, -0.15) is 0 Å². The molecule has 1 aromatic carbocycles. The molecule has 0 aliphatic carbocycles. The van der Waals surface area contributed by atoms with E-state index in [0.717, 1.165) is 45.4 Å². The molecule has 2 heterocycles. The Balaban J connectivity index is 0.00000208. The van der Waals surface area contributed by atoms with Crippen LogP contribution in [-0.4, -0.2) is 9.97 Å². The van der Waals surface area contributed by atoms with E-state index in [1.165, 1.54) is 11.1 Å². The highest BCUT2D eigenvalue weighted by Crippen LogP contribution is 2.32. The molecule has 0 bridgehead atoms. The number of ether oxygens (including phenoxy) is 1. The van der Waals surface area contributed by atoms with Crippen LogP contribution in [0.2, 0.25) is 0 Å². The molecule has 0 atom stereocenters. The van der Waals surface area contributed by atoms with Crippen molar-refractivity contribution in [3.8, 4) is 5.75 Å². The molecule has 3 rings (SSSR count). The summed E-state index contributed by atoms with van der Waals surface area (Å²) in [5.41, 5.74) is 6.68. The van der Waals surface area contributed by atoms with Gasteiger partial charge in [0.15, 0.2) is 0 Å². The van der Waals surface area contributed by atoms with E-state index < -0.39 is 0 Å². The quantitative estimate of drug-likeness (QED) is 0.570. The molecule has 0 aliphatic heterocycles. The zero-order chi connectivity index (χ0) is 16.4. The second-order valence-corrected chi connectivity index (χ2v) is 6.79. The summed E-state index contributed by atoms with van der Waals surface area (Å²) in [6.45, 7) is 6.91. The number of hydrogen-bond acceptors (Lipinski definition) is 2. The number of rotatable bonds is 5. The van der Waals surface area contributed by atoms with Crippen molar-refractivity contribution in [3.63, 3.8) is 0 Å². The van der Waals surface area contributed by atoms with E-state index in [2.05, 4.69) is 58.8 Å². The predicted molar refractivity (Wildman–Crippen MR) is 105 cm³/mol. The maximum absolute atomic E-state index is 6.21. The Morgan fingerprint density at radius 3 is 2.54 bits per heavy atom. The molecular formula is C19H22BrClN2O. The van der Waals surface area contributed by atoms with Crippen LogP contribution >= 0.6 is 28.3 Å². The molecule has 0 saturated carbocycles. The monoisotopic (exact) mass is 408 g/mol. The minimum atomic E-state index is 0. The standard InChI is InChI=1S/C19H21BrN2O.ClH/c1-4-5-15-10-21-17-12(2)13(3)22-18(17)19(15)23-11-14-6-8-16(20)9-7-14;/h6-10,22H,4-5,11H2,1-3H3;1H. The molecule has 128 valence electrons. The molecule has 3 aromatic rings. The molecule has 1 N–H and O–H groups in total. The molecule has 0 radical (unpaired) electrons. The fourth-order valence-corrected chi connectivity index (χ4v) is 3.01. The van der Waals surface area contributed by atoms with Crippen molar-refractivity contribution in [2.24, 2.45) is 0 Å². The first-order valence-corrected chi connectivity index (χ1v) is 8.73. The molecule has 0 unspecified atom stereocenters. The lowest BCUT2D eigenvalue weighted by atomic mass is 10.1. The fraction of sp³-hybridized carbons (Fsp3) is 0.316. The largest absolute Gasteiger partial charge is 0.486 e. The number of pyridine rings is 1. The highest BCUT2D eigenvalue weighted by Gasteiger charge is 2.15. The van der Waals surface area contributed by atoms with Crippen molar-refractivity contribution in [1.29, 1.82) is 0 Å². The first-order valence-electron chi connectivity index (χ1n) is 7.94. The number of benzene rings is 1. The van der Waals surface area contributed by atoms with Gasteiger partial charge >= 0.3 is 0 Å². The topological polar surface area (TPSA) is 37.9 Å². The average Bonchev–Trinajstić information content (AvgIpc) is 2.83. The van der Waals surface area contributed by atoms with Crippen LogP contribution in [0.5, 0.6) is 5.75 Å². The van der Waals surface area contributed by atoms with Crippen LogP contribution in [0.4, 0.5) is 0 Å². The summed E-state index contributed by atoms with van der Waals surface area (Å²) in [5.74, 6) is 0.941. The Bertz CT molecular complexity index is 827. The van der Waals surface area contributed by atoms with Gasteiger partial charge in [-0.05, 0) is 43.5 Å². The average molecular weight is 410 g/mol. The molecule has 0 spiro atoms. The van der Waals surface area contributed by atoms with Gasteiger partial charge in [-0.25, -0.2) is 0 Å². The number of aromatic nitrogens is 2. The van der Waals surface area contributed by atoms with Gasteiger partial charge in [0.25, 0.3) is 0 Å².